The van der Waals surface area contributed by atoms with Gasteiger partial charge >= 0.3 is 29.6 Å². The molecule has 134 valence electrons. The van der Waals surface area contributed by atoms with Gasteiger partial charge in [0.25, 0.3) is 10.1 Å². The molecule has 0 aliphatic heterocycles. The number of rotatable bonds is 13. The molecule has 0 aliphatic carbocycles. The molecule has 0 amide bonds. The Morgan fingerprint density at radius 1 is 0.792 bits per heavy atom. The third kappa shape index (κ3) is 10.9. The fourth-order valence-corrected chi connectivity index (χ4v) is 3.47. The monoisotopic (exact) mass is 364 g/mol. The first kappa shape index (κ1) is 24.1. The van der Waals surface area contributed by atoms with E-state index in [1.165, 1.54) is 51.4 Å². The zero-order valence-electron chi connectivity index (χ0n) is 14.7. The summed E-state index contributed by atoms with van der Waals surface area (Å²) in [6, 6.07) is 6.78. The van der Waals surface area contributed by atoms with Gasteiger partial charge < -0.3 is 0 Å². The molecular weight excluding hydrogens is 331 g/mol. The van der Waals surface area contributed by atoms with Crippen LogP contribution in [0.1, 0.15) is 76.7 Å². The normalized spacial score (nSPS) is 11.2. The second kappa shape index (κ2) is 14.3. The molecule has 0 heterocycles. The van der Waals surface area contributed by atoms with Crippen molar-refractivity contribution >= 4 is 39.7 Å². The second-order valence-corrected chi connectivity index (χ2v) is 7.89. The fourth-order valence-electron chi connectivity index (χ4n) is 2.53. The number of hydrogen-bond donors (Lipinski definition) is 0. The zero-order chi connectivity index (χ0) is 17.0. The topological polar surface area (TPSA) is 43.4 Å². The third-order valence-corrected chi connectivity index (χ3v) is 5.37. The maximum atomic E-state index is 12.0. The average Bonchev–Trinajstić information content (AvgIpc) is 2.53. The van der Waals surface area contributed by atoms with Crippen LogP contribution in [0.2, 0.25) is 0 Å². The Kier molecular flexibility index (Phi) is 14.4. The van der Waals surface area contributed by atoms with Crippen molar-refractivity contribution in [1.82, 2.24) is 0 Å². The van der Waals surface area contributed by atoms with Gasteiger partial charge in [-0.3, -0.25) is 4.18 Å². The van der Waals surface area contributed by atoms with E-state index in [9.17, 15) is 8.42 Å². The Balaban J connectivity index is 0.00000529. The number of hydrogen-bond acceptors (Lipinski definition) is 3. The van der Waals surface area contributed by atoms with Gasteiger partial charge in [0, 0.05) is 0 Å². The standard InChI is InChI=1S/C19H32O3S.Na.H/c1-3-4-5-6-7-8-9-10-11-12-17-22-23(20,21)19-15-13-18(2)14-16-19;;/h13-16H,3-12,17H2,1-2H3;;. The molecule has 0 spiro atoms. The first-order valence-electron chi connectivity index (χ1n) is 9.02. The van der Waals surface area contributed by atoms with Crippen molar-refractivity contribution in [2.24, 2.45) is 0 Å². The fraction of sp³-hybridized carbons (Fsp3) is 0.684. The van der Waals surface area contributed by atoms with E-state index >= 15 is 0 Å². The summed E-state index contributed by atoms with van der Waals surface area (Å²) in [6.45, 7) is 4.45. The minimum atomic E-state index is -3.59. The van der Waals surface area contributed by atoms with Crippen molar-refractivity contribution in [1.29, 1.82) is 0 Å². The molecule has 0 aromatic heterocycles. The van der Waals surface area contributed by atoms with Gasteiger partial charge in [-0.2, -0.15) is 8.42 Å². The average molecular weight is 365 g/mol. The molecular formula is C19H33NaO3S. The molecule has 5 heteroatoms. The molecule has 24 heavy (non-hydrogen) atoms. The van der Waals surface area contributed by atoms with Crippen LogP contribution in [0.15, 0.2) is 29.2 Å². The van der Waals surface area contributed by atoms with E-state index in [2.05, 4.69) is 6.92 Å². The van der Waals surface area contributed by atoms with Crippen LogP contribution in [-0.4, -0.2) is 44.6 Å². The molecule has 1 rings (SSSR count). The number of aryl methyl sites for hydroxylation is 1. The molecule has 3 nitrogen and oxygen atoms in total. The quantitative estimate of drug-likeness (QED) is 0.282. The van der Waals surface area contributed by atoms with Gasteiger partial charge in [0.15, 0.2) is 0 Å². The minimum absolute atomic E-state index is 0. The van der Waals surface area contributed by atoms with Crippen LogP contribution >= 0.6 is 0 Å². The predicted octanol–water partition coefficient (Wildman–Crippen LogP) is 4.97. The van der Waals surface area contributed by atoms with Crippen LogP contribution in [0, 0.1) is 6.92 Å². The maximum absolute atomic E-state index is 12.0. The Morgan fingerprint density at radius 3 is 1.75 bits per heavy atom. The van der Waals surface area contributed by atoms with E-state index in [-0.39, 0.29) is 41.1 Å². The van der Waals surface area contributed by atoms with E-state index in [0.29, 0.717) is 0 Å². The van der Waals surface area contributed by atoms with Gasteiger partial charge in [-0.1, -0.05) is 82.4 Å². The third-order valence-electron chi connectivity index (χ3n) is 4.05. The van der Waals surface area contributed by atoms with Crippen LogP contribution in [0.25, 0.3) is 0 Å². The van der Waals surface area contributed by atoms with Crippen molar-refractivity contribution < 1.29 is 12.6 Å². The van der Waals surface area contributed by atoms with Gasteiger partial charge in [0.05, 0.1) is 11.5 Å². The van der Waals surface area contributed by atoms with Crippen LogP contribution in [0.4, 0.5) is 0 Å². The van der Waals surface area contributed by atoms with Crippen LogP contribution in [0.3, 0.4) is 0 Å². The number of benzene rings is 1. The summed E-state index contributed by atoms with van der Waals surface area (Å²) in [5.74, 6) is 0. The van der Waals surface area contributed by atoms with Crippen molar-refractivity contribution in [3.63, 3.8) is 0 Å². The van der Waals surface area contributed by atoms with Gasteiger partial charge in [0.1, 0.15) is 0 Å². The molecule has 0 saturated heterocycles. The molecule has 0 aliphatic rings. The van der Waals surface area contributed by atoms with Crippen molar-refractivity contribution in [2.45, 2.75) is 83.0 Å². The zero-order valence-corrected chi connectivity index (χ0v) is 15.5. The van der Waals surface area contributed by atoms with E-state index in [0.717, 1.165) is 18.4 Å². The van der Waals surface area contributed by atoms with E-state index in [1.807, 2.05) is 6.92 Å². The van der Waals surface area contributed by atoms with Crippen LogP contribution in [-0.2, 0) is 14.3 Å². The summed E-state index contributed by atoms with van der Waals surface area (Å²) >= 11 is 0. The second-order valence-electron chi connectivity index (χ2n) is 6.27. The molecule has 0 fully saturated rings. The van der Waals surface area contributed by atoms with Crippen LogP contribution in [0.5, 0.6) is 0 Å². The first-order chi connectivity index (χ1) is 11.1. The van der Waals surface area contributed by atoms with Gasteiger partial charge in [-0.15, -0.1) is 0 Å². The Morgan fingerprint density at radius 2 is 1.25 bits per heavy atom. The molecule has 1 aromatic rings. The Bertz CT molecular complexity index is 512. The number of unbranched alkanes of at least 4 members (excludes halogenated alkanes) is 9. The molecule has 0 unspecified atom stereocenters. The Labute approximate surface area is 171 Å². The first-order valence-corrected chi connectivity index (χ1v) is 10.4. The van der Waals surface area contributed by atoms with Crippen molar-refractivity contribution in [3.05, 3.63) is 29.8 Å². The summed E-state index contributed by atoms with van der Waals surface area (Å²) in [7, 11) is -3.59. The Hall–Kier alpha value is 0.130. The molecule has 0 N–H and O–H groups in total. The van der Waals surface area contributed by atoms with Crippen LogP contribution < -0.4 is 0 Å². The predicted molar refractivity (Wildman–Crippen MR) is 103 cm³/mol. The van der Waals surface area contributed by atoms with E-state index in [4.69, 9.17) is 4.18 Å². The van der Waals surface area contributed by atoms with Gasteiger partial charge in [-0.05, 0) is 25.5 Å². The summed E-state index contributed by atoms with van der Waals surface area (Å²) in [5, 5.41) is 0. The van der Waals surface area contributed by atoms with Crippen molar-refractivity contribution in [2.75, 3.05) is 6.61 Å². The summed E-state index contributed by atoms with van der Waals surface area (Å²) in [6.07, 6.45) is 12.3. The summed E-state index contributed by atoms with van der Waals surface area (Å²) < 4.78 is 29.1. The van der Waals surface area contributed by atoms with E-state index < -0.39 is 10.1 Å². The molecule has 0 radical (unpaired) electrons. The van der Waals surface area contributed by atoms with Gasteiger partial charge in [0.2, 0.25) is 0 Å². The molecule has 0 bridgehead atoms. The summed E-state index contributed by atoms with van der Waals surface area (Å²) in [4.78, 5) is 0.246. The molecule has 1 aromatic carbocycles. The van der Waals surface area contributed by atoms with Crippen molar-refractivity contribution in [3.8, 4) is 0 Å². The molecule has 0 saturated carbocycles. The summed E-state index contributed by atoms with van der Waals surface area (Å²) in [5.41, 5.74) is 1.04. The van der Waals surface area contributed by atoms with E-state index in [1.54, 1.807) is 24.3 Å². The SMILES string of the molecule is CCCCCCCCCCCCOS(=O)(=O)c1ccc(C)cc1.[NaH]. The molecule has 0 atom stereocenters. The van der Waals surface area contributed by atoms with Gasteiger partial charge in [-0.25, -0.2) is 0 Å².